The van der Waals surface area contributed by atoms with Gasteiger partial charge < -0.3 is 14.7 Å². The van der Waals surface area contributed by atoms with Crippen LogP contribution in [0.1, 0.15) is 79.0 Å². The van der Waals surface area contributed by atoms with E-state index in [2.05, 4.69) is 332 Å². The van der Waals surface area contributed by atoms with Crippen molar-refractivity contribution in [2.45, 2.75) is 78.6 Å². The highest BCUT2D eigenvalue weighted by Gasteiger charge is 2.25. The summed E-state index contributed by atoms with van der Waals surface area (Å²) in [7, 11) is 0. The molecule has 0 N–H and O–H groups in total. The Morgan fingerprint density at radius 2 is 0.360 bits per heavy atom. The topological polar surface area (TPSA) is 9.72 Å². The molecule has 0 aliphatic carbocycles. The quantitative estimate of drug-likeness (QED) is 0.121. The van der Waals surface area contributed by atoms with Crippen LogP contribution in [0.3, 0.4) is 0 Å². The molecule has 0 saturated heterocycles. The number of nitrogens with zero attached hydrogens (tertiary/aromatic N) is 3. The predicted molar refractivity (Wildman–Crippen MR) is 323 cm³/mol. The third kappa shape index (κ3) is 11.2. The Kier molecular flexibility index (Phi) is 13.9. The van der Waals surface area contributed by atoms with E-state index in [1.165, 1.54) is 50.1 Å². The van der Waals surface area contributed by atoms with E-state index in [4.69, 9.17) is 0 Å². The first-order valence-corrected chi connectivity index (χ1v) is 26.4. The van der Waals surface area contributed by atoms with Crippen molar-refractivity contribution in [2.75, 3.05) is 14.7 Å². The lowest BCUT2D eigenvalue weighted by Gasteiger charge is -2.33. The van der Waals surface area contributed by atoms with Crippen molar-refractivity contribution in [1.82, 2.24) is 0 Å². The number of rotatable bonds is 12. The van der Waals surface area contributed by atoms with Crippen LogP contribution in [0.15, 0.2) is 255 Å². The first-order chi connectivity index (χ1) is 36.1. The number of hydrogen-bond acceptors (Lipinski definition) is 3. The maximum absolute atomic E-state index is 2.42. The van der Waals surface area contributed by atoms with Gasteiger partial charge in [-0.2, -0.15) is 0 Å². The molecule has 3 heteroatoms. The molecule has 0 heterocycles. The van der Waals surface area contributed by atoms with Gasteiger partial charge in [0.25, 0.3) is 0 Å². The van der Waals surface area contributed by atoms with Gasteiger partial charge in [-0.3, -0.25) is 0 Å². The van der Waals surface area contributed by atoms with Crippen LogP contribution in [0.2, 0.25) is 0 Å². The molecule has 0 bridgehead atoms. The standard InChI is InChI=1S/C72H69N3/c1-70(2,3)58-31-43-64(44-32-58)73(61-37-25-55(26-38-61)52-19-13-10-14-20-52)67-49-68(74(65-45-33-59(34-46-65)71(4,5)6)62-39-27-56(28-40-62)53-21-15-11-16-22-53)51-69(50-67)75(66-47-35-60(36-48-66)72(7,8)9)63-41-29-57(30-42-63)54-23-17-12-18-24-54/h10-51H,1-9H3. The molecule has 0 aromatic heterocycles. The van der Waals surface area contributed by atoms with Gasteiger partial charge in [-0.15, -0.1) is 0 Å². The molecule has 372 valence electrons. The monoisotopic (exact) mass is 976 g/mol. The number of benzene rings is 10. The summed E-state index contributed by atoms with van der Waals surface area (Å²) in [5, 5.41) is 0. The second-order valence-corrected chi connectivity index (χ2v) is 22.8. The molecular formula is C72H69N3. The summed E-state index contributed by atoms with van der Waals surface area (Å²) in [5.74, 6) is 0. The molecule has 0 unspecified atom stereocenters. The fourth-order valence-corrected chi connectivity index (χ4v) is 9.94. The summed E-state index contributed by atoms with van der Waals surface area (Å²) in [4.78, 5) is 7.27. The van der Waals surface area contributed by atoms with E-state index < -0.39 is 0 Å². The Morgan fingerprint density at radius 3 is 0.547 bits per heavy atom. The van der Waals surface area contributed by atoms with E-state index in [0.717, 1.165) is 51.2 Å². The fraction of sp³-hybridized carbons (Fsp3) is 0.167. The third-order valence-electron chi connectivity index (χ3n) is 14.3. The normalized spacial score (nSPS) is 11.8. The lowest BCUT2D eigenvalue weighted by molar-refractivity contribution is 0.590. The van der Waals surface area contributed by atoms with Crippen LogP contribution < -0.4 is 14.7 Å². The van der Waals surface area contributed by atoms with Gasteiger partial charge in [0, 0.05) is 34.1 Å². The second-order valence-electron chi connectivity index (χ2n) is 22.8. The zero-order chi connectivity index (χ0) is 52.3. The Labute approximate surface area is 447 Å². The summed E-state index contributed by atoms with van der Waals surface area (Å²) in [6.07, 6.45) is 0. The number of hydrogen-bond donors (Lipinski definition) is 0. The summed E-state index contributed by atoms with van der Waals surface area (Å²) >= 11 is 0. The van der Waals surface area contributed by atoms with Gasteiger partial charge in [0.2, 0.25) is 0 Å². The van der Waals surface area contributed by atoms with Crippen molar-refractivity contribution in [1.29, 1.82) is 0 Å². The summed E-state index contributed by atoms with van der Waals surface area (Å²) in [6, 6.07) is 93.6. The lowest BCUT2D eigenvalue weighted by atomic mass is 9.87. The van der Waals surface area contributed by atoms with E-state index >= 15 is 0 Å². The van der Waals surface area contributed by atoms with E-state index in [1.807, 2.05) is 0 Å². The molecule has 0 saturated carbocycles. The highest BCUT2D eigenvalue weighted by atomic mass is 15.2. The average molecular weight is 976 g/mol. The van der Waals surface area contributed by atoms with Gasteiger partial charge in [-0.05, 0) is 157 Å². The zero-order valence-electron chi connectivity index (χ0n) is 45.1. The van der Waals surface area contributed by atoms with E-state index in [-0.39, 0.29) is 16.2 Å². The minimum absolute atomic E-state index is 0.00796. The van der Waals surface area contributed by atoms with Crippen molar-refractivity contribution < 1.29 is 0 Å². The summed E-state index contributed by atoms with van der Waals surface area (Å²) in [5.41, 5.74) is 20.4. The van der Waals surface area contributed by atoms with Crippen LogP contribution >= 0.6 is 0 Å². The van der Waals surface area contributed by atoms with Crippen molar-refractivity contribution in [3.63, 3.8) is 0 Å². The van der Waals surface area contributed by atoms with Gasteiger partial charge in [0.1, 0.15) is 0 Å². The van der Waals surface area contributed by atoms with Crippen LogP contribution in [-0.2, 0) is 16.2 Å². The molecule has 0 radical (unpaired) electrons. The Bertz CT molecular complexity index is 3060. The molecule has 0 spiro atoms. The average Bonchev–Trinajstić information content (AvgIpc) is 3.42. The third-order valence-corrected chi connectivity index (χ3v) is 14.3. The van der Waals surface area contributed by atoms with Crippen molar-refractivity contribution in [2.24, 2.45) is 0 Å². The molecule has 10 rings (SSSR count). The fourth-order valence-electron chi connectivity index (χ4n) is 9.94. The minimum Gasteiger partial charge on any atom is -0.310 e. The van der Waals surface area contributed by atoms with Crippen LogP contribution in [-0.4, -0.2) is 0 Å². The largest absolute Gasteiger partial charge is 0.310 e. The van der Waals surface area contributed by atoms with Gasteiger partial charge in [0.05, 0.1) is 17.1 Å². The lowest BCUT2D eigenvalue weighted by Crippen LogP contribution is -2.17. The van der Waals surface area contributed by atoms with Crippen molar-refractivity contribution in [3.05, 3.63) is 271 Å². The molecule has 10 aromatic carbocycles. The Hall–Kier alpha value is -8.40. The molecule has 3 nitrogen and oxygen atoms in total. The molecule has 0 aliphatic rings. The first kappa shape index (κ1) is 50.1. The van der Waals surface area contributed by atoms with E-state index in [0.29, 0.717) is 0 Å². The van der Waals surface area contributed by atoms with Crippen LogP contribution in [0.5, 0.6) is 0 Å². The van der Waals surface area contributed by atoms with Crippen molar-refractivity contribution in [3.8, 4) is 33.4 Å². The molecular weight excluding hydrogens is 907 g/mol. The molecule has 10 aromatic rings. The summed E-state index contributed by atoms with van der Waals surface area (Å²) < 4.78 is 0. The first-order valence-electron chi connectivity index (χ1n) is 26.4. The van der Waals surface area contributed by atoms with Crippen LogP contribution in [0.4, 0.5) is 51.2 Å². The Morgan fingerprint density at radius 1 is 0.187 bits per heavy atom. The zero-order valence-corrected chi connectivity index (χ0v) is 45.1. The minimum atomic E-state index is -0.00796. The van der Waals surface area contributed by atoms with Gasteiger partial charge in [0.15, 0.2) is 0 Å². The molecule has 0 amide bonds. The smallest absolute Gasteiger partial charge is 0.0503 e. The van der Waals surface area contributed by atoms with Gasteiger partial charge >= 0.3 is 0 Å². The molecule has 75 heavy (non-hydrogen) atoms. The maximum Gasteiger partial charge on any atom is 0.0503 e. The summed E-state index contributed by atoms with van der Waals surface area (Å²) in [6.45, 7) is 20.5. The van der Waals surface area contributed by atoms with Gasteiger partial charge in [-0.25, -0.2) is 0 Å². The van der Waals surface area contributed by atoms with E-state index in [9.17, 15) is 0 Å². The van der Waals surface area contributed by atoms with E-state index in [1.54, 1.807) is 0 Å². The number of anilines is 9. The van der Waals surface area contributed by atoms with Crippen molar-refractivity contribution >= 4 is 51.2 Å². The van der Waals surface area contributed by atoms with Gasteiger partial charge in [-0.1, -0.05) is 226 Å². The highest BCUT2D eigenvalue weighted by molar-refractivity contribution is 5.90. The van der Waals surface area contributed by atoms with Crippen LogP contribution in [0.25, 0.3) is 33.4 Å². The highest BCUT2D eigenvalue weighted by Crippen LogP contribution is 2.47. The van der Waals surface area contributed by atoms with Crippen LogP contribution in [0, 0.1) is 0 Å². The molecule has 0 fully saturated rings. The maximum atomic E-state index is 2.42. The predicted octanol–water partition coefficient (Wildman–Crippen LogP) is 21.0. The Balaban J connectivity index is 1.24. The molecule has 0 aliphatic heterocycles. The second kappa shape index (κ2) is 20.8. The SMILES string of the molecule is CC(C)(C)c1ccc(N(c2ccc(-c3ccccc3)cc2)c2cc(N(c3ccc(-c4ccccc4)cc3)c3ccc(C(C)(C)C)cc3)cc(N(c3ccc(-c4ccccc4)cc3)c3ccc(C(C)(C)C)cc3)c2)cc1. The molecule has 0 atom stereocenters.